The van der Waals surface area contributed by atoms with Crippen LogP contribution in [0.2, 0.25) is 0 Å². The summed E-state index contributed by atoms with van der Waals surface area (Å²) in [5, 5.41) is 19.4. The Balaban J connectivity index is 2.00. The number of aryl methyl sites for hydroxylation is 1. The van der Waals surface area contributed by atoms with Gasteiger partial charge in [0.2, 0.25) is 0 Å². The minimum absolute atomic E-state index is 0.230. The topological polar surface area (TPSA) is 43.7 Å². The van der Waals surface area contributed by atoms with Crippen molar-refractivity contribution in [1.82, 2.24) is 4.90 Å². The normalized spacial score (nSPS) is 22.9. The number of hydrogen-bond acceptors (Lipinski definition) is 3. The van der Waals surface area contributed by atoms with Gasteiger partial charge in [0.05, 0.1) is 6.10 Å². The fourth-order valence-corrected chi connectivity index (χ4v) is 2.48. The number of nitrogens with zero attached hydrogens (tertiary/aromatic N) is 1. The van der Waals surface area contributed by atoms with E-state index in [1.165, 1.54) is 5.56 Å². The standard InChI is InChI=1S/C14H21NO2/c1-10-3-4-14(17)13(7-10)9-15-6-5-12(8-15)11(2)16/h3-4,7,11-12,16-17H,5-6,8-9H2,1-2H3. The van der Waals surface area contributed by atoms with Crippen molar-refractivity contribution in [3.63, 3.8) is 0 Å². The molecule has 2 atom stereocenters. The highest BCUT2D eigenvalue weighted by Crippen LogP contribution is 2.25. The van der Waals surface area contributed by atoms with Crippen molar-refractivity contribution in [2.24, 2.45) is 5.92 Å². The van der Waals surface area contributed by atoms with E-state index in [2.05, 4.69) is 4.90 Å². The second-order valence-electron chi connectivity index (χ2n) is 5.16. The monoisotopic (exact) mass is 235 g/mol. The van der Waals surface area contributed by atoms with E-state index in [4.69, 9.17) is 0 Å². The lowest BCUT2D eigenvalue weighted by Crippen LogP contribution is -2.24. The number of likely N-dealkylation sites (tertiary alicyclic amines) is 1. The quantitative estimate of drug-likeness (QED) is 0.841. The average Bonchev–Trinajstić information content (AvgIpc) is 2.72. The summed E-state index contributed by atoms with van der Waals surface area (Å²) in [6.45, 7) is 6.59. The van der Waals surface area contributed by atoms with Crippen LogP contribution in [0, 0.1) is 12.8 Å². The molecule has 0 spiro atoms. The number of rotatable bonds is 3. The maximum absolute atomic E-state index is 9.79. The predicted octanol–water partition coefficient (Wildman–Crippen LogP) is 1.90. The Hall–Kier alpha value is -1.06. The van der Waals surface area contributed by atoms with Crippen molar-refractivity contribution in [3.05, 3.63) is 29.3 Å². The molecule has 1 heterocycles. The van der Waals surface area contributed by atoms with Gasteiger partial charge in [-0.3, -0.25) is 4.90 Å². The summed E-state index contributed by atoms with van der Waals surface area (Å²) in [5.74, 6) is 0.748. The number of phenolic OH excluding ortho intramolecular Hbond substituents is 1. The van der Waals surface area contributed by atoms with Gasteiger partial charge in [0.15, 0.2) is 0 Å². The Labute approximate surface area is 103 Å². The van der Waals surface area contributed by atoms with Crippen molar-refractivity contribution in [2.45, 2.75) is 32.9 Å². The Morgan fingerprint density at radius 2 is 2.24 bits per heavy atom. The maximum atomic E-state index is 9.79. The molecule has 2 N–H and O–H groups in total. The van der Waals surface area contributed by atoms with Crippen LogP contribution in [-0.4, -0.2) is 34.3 Å². The number of phenols is 1. The minimum atomic E-state index is -0.230. The van der Waals surface area contributed by atoms with E-state index in [0.29, 0.717) is 11.7 Å². The molecule has 94 valence electrons. The number of aromatic hydroxyl groups is 1. The molecule has 1 aliphatic heterocycles. The lowest BCUT2D eigenvalue weighted by atomic mass is 10.0. The van der Waals surface area contributed by atoms with Crippen molar-refractivity contribution in [3.8, 4) is 5.75 Å². The van der Waals surface area contributed by atoms with Crippen LogP contribution >= 0.6 is 0 Å². The average molecular weight is 235 g/mol. The maximum Gasteiger partial charge on any atom is 0.120 e. The first kappa shape index (κ1) is 12.4. The summed E-state index contributed by atoms with van der Waals surface area (Å²) in [6, 6.07) is 5.71. The van der Waals surface area contributed by atoms with E-state index >= 15 is 0 Å². The van der Waals surface area contributed by atoms with Crippen LogP contribution in [0.15, 0.2) is 18.2 Å². The van der Waals surface area contributed by atoms with Crippen LogP contribution in [0.4, 0.5) is 0 Å². The molecule has 2 rings (SSSR count). The molecule has 0 bridgehead atoms. The predicted molar refractivity (Wildman–Crippen MR) is 67.9 cm³/mol. The van der Waals surface area contributed by atoms with Crippen molar-refractivity contribution in [1.29, 1.82) is 0 Å². The van der Waals surface area contributed by atoms with Gasteiger partial charge in [-0.1, -0.05) is 17.7 Å². The van der Waals surface area contributed by atoms with Gasteiger partial charge in [-0.05, 0) is 38.8 Å². The fraction of sp³-hybridized carbons (Fsp3) is 0.571. The van der Waals surface area contributed by atoms with Gasteiger partial charge in [-0.25, -0.2) is 0 Å². The van der Waals surface area contributed by atoms with E-state index in [1.807, 2.05) is 26.0 Å². The molecule has 1 aromatic carbocycles. The zero-order valence-corrected chi connectivity index (χ0v) is 10.6. The van der Waals surface area contributed by atoms with Gasteiger partial charge in [0.1, 0.15) is 5.75 Å². The van der Waals surface area contributed by atoms with E-state index < -0.39 is 0 Å². The molecular formula is C14H21NO2. The van der Waals surface area contributed by atoms with Crippen molar-refractivity contribution < 1.29 is 10.2 Å². The van der Waals surface area contributed by atoms with Gasteiger partial charge < -0.3 is 10.2 Å². The summed E-state index contributed by atoms with van der Waals surface area (Å²) in [5.41, 5.74) is 2.15. The summed E-state index contributed by atoms with van der Waals surface area (Å²) < 4.78 is 0. The number of aliphatic hydroxyl groups excluding tert-OH is 1. The van der Waals surface area contributed by atoms with E-state index in [1.54, 1.807) is 6.07 Å². The molecular weight excluding hydrogens is 214 g/mol. The molecule has 1 saturated heterocycles. The van der Waals surface area contributed by atoms with E-state index in [0.717, 1.165) is 31.6 Å². The van der Waals surface area contributed by atoms with Gasteiger partial charge in [0, 0.05) is 18.7 Å². The van der Waals surface area contributed by atoms with Gasteiger partial charge >= 0.3 is 0 Å². The first-order valence-electron chi connectivity index (χ1n) is 6.25. The number of hydrogen-bond donors (Lipinski definition) is 2. The third-order valence-electron chi connectivity index (χ3n) is 3.62. The van der Waals surface area contributed by atoms with Crippen LogP contribution < -0.4 is 0 Å². The second-order valence-corrected chi connectivity index (χ2v) is 5.16. The second kappa shape index (κ2) is 5.07. The summed E-state index contributed by atoms with van der Waals surface area (Å²) >= 11 is 0. The molecule has 0 saturated carbocycles. The number of benzene rings is 1. The molecule has 1 aliphatic rings. The highest BCUT2D eigenvalue weighted by molar-refractivity contribution is 5.35. The van der Waals surface area contributed by atoms with Crippen LogP contribution in [-0.2, 0) is 6.54 Å². The highest BCUT2D eigenvalue weighted by atomic mass is 16.3. The molecule has 0 aliphatic carbocycles. The minimum Gasteiger partial charge on any atom is -0.508 e. The van der Waals surface area contributed by atoms with Gasteiger partial charge in [0.25, 0.3) is 0 Å². The SMILES string of the molecule is Cc1ccc(O)c(CN2CCC(C(C)O)C2)c1. The first-order valence-corrected chi connectivity index (χ1v) is 6.25. The Morgan fingerprint density at radius 3 is 2.88 bits per heavy atom. The molecule has 2 unspecified atom stereocenters. The smallest absolute Gasteiger partial charge is 0.120 e. The molecule has 17 heavy (non-hydrogen) atoms. The molecule has 3 heteroatoms. The molecule has 0 amide bonds. The highest BCUT2D eigenvalue weighted by Gasteiger charge is 2.26. The van der Waals surface area contributed by atoms with Crippen LogP contribution in [0.25, 0.3) is 0 Å². The number of aliphatic hydroxyl groups is 1. The Bertz CT molecular complexity index is 390. The van der Waals surface area contributed by atoms with Crippen LogP contribution in [0.3, 0.4) is 0 Å². The van der Waals surface area contributed by atoms with Gasteiger partial charge in [-0.2, -0.15) is 0 Å². The van der Waals surface area contributed by atoms with Crippen LogP contribution in [0.5, 0.6) is 5.75 Å². The third kappa shape index (κ3) is 2.99. The van der Waals surface area contributed by atoms with E-state index in [-0.39, 0.29) is 6.10 Å². The largest absolute Gasteiger partial charge is 0.508 e. The van der Waals surface area contributed by atoms with Gasteiger partial charge in [-0.15, -0.1) is 0 Å². The lowest BCUT2D eigenvalue weighted by Gasteiger charge is -2.18. The third-order valence-corrected chi connectivity index (χ3v) is 3.62. The zero-order chi connectivity index (χ0) is 12.4. The summed E-state index contributed by atoms with van der Waals surface area (Å²) in [7, 11) is 0. The van der Waals surface area contributed by atoms with E-state index in [9.17, 15) is 10.2 Å². The summed E-state index contributed by atoms with van der Waals surface area (Å²) in [4.78, 5) is 2.30. The van der Waals surface area contributed by atoms with Crippen molar-refractivity contribution in [2.75, 3.05) is 13.1 Å². The lowest BCUT2D eigenvalue weighted by molar-refractivity contribution is 0.127. The molecule has 0 radical (unpaired) electrons. The molecule has 3 nitrogen and oxygen atoms in total. The summed E-state index contributed by atoms with van der Waals surface area (Å²) in [6.07, 6.45) is 0.815. The zero-order valence-electron chi connectivity index (χ0n) is 10.6. The Morgan fingerprint density at radius 1 is 1.47 bits per heavy atom. The van der Waals surface area contributed by atoms with Crippen molar-refractivity contribution >= 4 is 0 Å². The fourth-order valence-electron chi connectivity index (χ4n) is 2.48. The first-order chi connectivity index (χ1) is 8.06. The molecule has 1 fully saturated rings. The molecule has 0 aromatic heterocycles. The molecule has 1 aromatic rings. The van der Waals surface area contributed by atoms with Crippen LogP contribution in [0.1, 0.15) is 24.5 Å². The Kier molecular flexibility index (Phi) is 3.69.